The van der Waals surface area contributed by atoms with E-state index in [9.17, 15) is 19.2 Å². The molecule has 2 fully saturated rings. The van der Waals surface area contributed by atoms with E-state index in [4.69, 9.17) is 29.7 Å². The highest BCUT2D eigenvalue weighted by Gasteiger charge is 2.69. The topological polar surface area (TPSA) is 151 Å². The zero-order valence-electron chi connectivity index (χ0n) is 32.2. The van der Waals surface area contributed by atoms with Gasteiger partial charge >= 0.3 is 12.1 Å². The van der Waals surface area contributed by atoms with Crippen molar-refractivity contribution >= 4 is 50.7 Å². The summed E-state index contributed by atoms with van der Waals surface area (Å²) in [7, 11) is 0. The third-order valence-corrected chi connectivity index (χ3v) is 11.0. The predicted octanol–water partition coefficient (Wildman–Crippen LogP) is 7.17. The van der Waals surface area contributed by atoms with Crippen LogP contribution in [0.5, 0.6) is 11.6 Å². The van der Waals surface area contributed by atoms with E-state index < -0.39 is 59.1 Å². The molecule has 2 aromatic carbocycles. The SMILES string of the molecule is CCOC(=O)[C@@]12C[C@H]1/C=C\CCCCC[C@H](N)C(=O)N1C[C@H](Oc3nc4ccccc4c(OCc4ccc(C)cc4)c3Br)C[C@H]1C(=O)N2C(=O)OC(C)(C)C. The minimum atomic E-state index is -1.63. The number of carbonyl (C=O) groups excluding carboxylic acids is 4. The van der Waals surface area contributed by atoms with Crippen molar-refractivity contribution in [3.8, 4) is 11.6 Å². The lowest BCUT2D eigenvalue weighted by molar-refractivity contribution is -0.159. The zero-order chi connectivity index (χ0) is 39.5. The van der Waals surface area contributed by atoms with Gasteiger partial charge in [0.1, 0.15) is 34.6 Å². The van der Waals surface area contributed by atoms with Gasteiger partial charge in [0.15, 0.2) is 5.54 Å². The number of para-hydroxylation sites is 1. The van der Waals surface area contributed by atoms with Gasteiger partial charge in [0, 0.05) is 17.7 Å². The fourth-order valence-corrected chi connectivity index (χ4v) is 7.87. The molecular formula is C42H51BrN4O8. The predicted molar refractivity (Wildman–Crippen MR) is 210 cm³/mol. The van der Waals surface area contributed by atoms with E-state index in [1.807, 2.05) is 67.6 Å². The van der Waals surface area contributed by atoms with Crippen LogP contribution in [-0.4, -0.2) is 81.1 Å². The van der Waals surface area contributed by atoms with Crippen LogP contribution in [0.2, 0.25) is 0 Å². The van der Waals surface area contributed by atoms with Crippen LogP contribution in [0.4, 0.5) is 4.79 Å². The number of esters is 1. The first kappa shape index (κ1) is 40.2. The molecule has 1 saturated carbocycles. The summed E-state index contributed by atoms with van der Waals surface area (Å²) in [5, 5.41) is 0.773. The number of hydrogen-bond donors (Lipinski definition) is 1. The molecule has 5 atom stereocenters. The molecule has 3 aliphatic rings. The van der Waals surface area contributed by atoms with Crippen LogP contribution >= 0.6 is 15.9 Å². The highest BCUT2D eigenvalue weighted by Crippen LogP contribution is 2.52. The maximum atomic E-state index is 15.0. The Labute approximate surface area is 330 Å². The number of benzene rings is 2. The first-order valence-electron chi connectivity index (χ1n) is 19.1. The summed E-state index contributed by atoms with van der Waals surface area (Å²) in [5.74, 6) is -1.63. The van der Waals surface area contributed by atoms with E-state index in [1.165, 1.54) is 4.90 Å². The zero-order valence-corrected chi connectivity index (χ0v) is 33.8. The van der Waals surface area contributed by atoms with Crippen LogP contribution in [0.1, 0.15) is 83.8 Å². The van der Waals surface area contributed by atoms with Crippen LogP contribution in [-0.2, 0) is 30.5 Å². The molecule has 0 radical (unpaired) electrons. The Bertz CT molecular complexity index is 1950. The van der Waals surface area contributed by atoms with Gasteiger partial charge in [-0.15, -0.1) is 0 Å². The van der Waals surface area contributed by atoms with Crippen molar-refractivity contribution in [2.75, 3.05) is 13.2 Å². The molecule has 3 amide bonds. The summed E-state index contributed by atoms with van der Waals surface area (Å²) < 4.78 is 24.7. The molecule has 3 heterocycles. The molecule has 3 aromatic rings. The Balaban J connectivity index is 1.37. The van der Waals surface area contributed by atoms with Crippen molar-refractivity contribution in [2.45, 2.75) is 115 Å². The van der Waals surface area contributed by atoms with E-state index in [1.54, 1.807) is 27.7 Å². The Hall–Kier alpha value is -4.49. The summed E-state index contributed by atoms with van der Waals surface area (Å²) in [6.45, 7) is 9.09. The number of pyridine rings is 1. The number of carbonyl (C=O) groups is 4. The first-order chi connectivity index (χ1) is 26.2. The van der Waals surface area contributed by atoms with E-state index in [-0.39, 0.29) is 31.9 Å². The molecule has 12 nitrogen and oxygen atoms in total. The average Bonchev–Trinajstić information content (AvgIpc) is 3.69. The van der Waals surface area contributed by atoms with Gasteiger partial charge in [-0.05, 0) is 93.9 Å². The molecule has 1 aromatic heterocycles. The van der Waals surface area contributed by atoms with Crippen molar-refractivity contribution < 1.29 is 38.1 Å². The second-order valence-corrected chi connectivity index (χ2v) is 16.4. The molecule has 0 unspecified atom stereocenters. The molecule has 1 saturated heterocycles. The minimum Gasteiger partial charge on any atom is -0.487 e. The Morgan fingerprint density at radius 3 is 2.51 bits per heavy atom. The van der Waals surface area contributed by atoms with E-state index in [0.717, 1.165) is 47.1 Å². The lowest BCUT2D eigenvalue weighted by atomic mass is 10.1. The summed E-state index contributed by atoms with van der Waals surface area (Å²) in [6, 6.07) is 13.5. The maximum Gasteiger partial charge on any atom is 0.418 e. The fourth-order valence-electron chi connectivity index (χ4n) is 7.36. The second kappa shape index (κ2) is 16.7. The number of nitrogens with two attached hydrogens (primary N) is 1. The van der Waals surface area contributed by atoms with Crippen molar-refractivity contribution in [2.24, 2.45) is 11.7 Å². The molecule has 1 aliphatic carbocycles. The molecule has 2 N–H and O–H groups in total. The largest absolute Gasteiger partial charge is 0.487 e. The van der Waals surface area contributed by atoms with Gasteiger partial charge < -0.3 is 29.6 Å². The summed E-state index contributed by atoms with van der Waals surface area (Å²) >= 11 is 3.69. The number of imide groups is 1. The Kier molecular flexibility index (Phi) is 12.2. The second-order valence-electron chi connectivity index (χ2n) is 15.6. The minimum absolute atomic E-state index is 0.00347. The van der Waals surface area contributed by atoms with Crippen LogP contribution in [0.3, 0.4) is 0 Å². The molecule has 2 aliphatic heterocycles. The lowest BCUT2D eigenvalue weighted by Gasteiger charge is -2.35. The number of allylic oxidation sites excluding steroid dienone is 1. The number of aromatic nitrogens is 1. The first-order valence-corrected chi connectivity index (χ1v) is 19.9. The maximum absolute atomic E-state index is 15.0. The molecule has 55 heavy (non-hydrogen) atoms. The van der Waals surface area contributed by atoms with Gasteiger partial charge in [0.05, 0.1) is 24.7 Å². The van der Waals surface area contributed by atoms with E-state index in [0.29, 0.717) is 28.8 Å². The van der Waals surface area contributed by atoms with E-state index >= 15 is 0 Å². The van der Waals surface area contributed by atoms with Crippen LogP contribution in [0.15, 0.2) is 65.2 Å². The molecule has 294 valence electrons. The lowest BCUT2D eigenvalue weighted by Crippen LogP contribution is -2.60. The number of fused-ring (bicyclic) bond motifs is 3. The number of amides is 3. The van der Waals surface area contributed by atoms with Crippen molar-refractivity contribution in [3.05, 3.63) is 76.3 Å². The quantitative estimate of drug-likeness (QED) is 0.192. The smallest absolute Gasteiger partial charge is 0.418 e. The number of halogens is 1. The monoisotopic (exact) mass is 818 g/mol. The van der Waals surface area contributed by atoms with E-state index in [2.05, 4.69) is 15.9 Å². The highest BCUT2D eigenvalue weighted by molar-refractivity contribution is 9.10. The fraction of sp³-hybridized carbons (Fsp3) is 0.500. The third-order valence-electron chi connectivity index (χ3n) is 10.3. The Morgan fingerprint density at radius 2 is 1.78 bits per heavy atom. The molecule has 0 bridgehead atoms. The van der Waals surface area contributed by atoms with Crippen molar-refractivity contribution in [1.29, 1.82) is 0 Å². The average molecular weight is 820 g/mol. The van der Waals surface area contributed by atoms with Crippen LogP contribution < -0.4 is 15.2 Å². The molecule has 6 rings (SSSR count). The van der Waals surface area contributed by atoms with Gasteiger partial charge in [-0.2, -0.15) is 0 Å². The van der Waals surface area contributed by atoms with Crippen molar-refractivity contribution in [3.63, 3.8) is 0 Å². The molecular weight excluding hydrogens is 768 g/mol. The standard InChI is InChI=1S/C42H51BrN4O8/c1-6-52-39(50)42-23-28(42)14-10-8-7-9-11-16-31(44)37(48)46-24-29(22-33(46)38(49)47(42)40(51)55-41(3,4)5)54-36-34(43)35(30-15-12-13-17-32(30)45-36)53-25-27-20-18-26(2)19-21-27/h10,12-15,17-21,28-29,31,33H,6-9,11,16,22-25,44H2,1-5H3/b14-10-/t28-,29-,31+,33+,42-/m1/s1. The summed E-state index contributed by atoms with van der Waals surface area (Å²) in [4.78, 5) is 64.2. The number of aryl methyl sites for hydroxylation is 1. The molecule has 0 spiro atoms. The van der Waals surface area contributed by atoms with Crippen LogP contribution in [0.25, 0.3) is 10.9 Å². The normalized spacial score (nSPS) is 25.3. The number of ether oxygens (including phenoxy) is 4. The van der Waals surface area contributed by atoms with Gasteiger partial charge in [0.2, 0.25) is 11.8 Å². The number of hydrogen-bond acceptors (Lipinski definition) is 10. The summed E-state index contributed by atoms with van der Waals surface area (Å²) in [6.07, 6.45) is 5.92. The van der Waals surface area contributed by atoms with Gasteiger partial charge in [-0.1, -0.05) is 67.0 Å². The summed E-state index contributed by atoms with van der Waals surface area (Å²) in [5.41, 5.74) is 6.64. The third kappa shape index (κ3) is 8.83. The Morgan fingerprint density at radius 1 is 1.04 bits per heavy atom. The number of nitrogens with zero attached hydrogens (tertiary/aromatic N) is 3. The van der Waals surface area contributed by atoms with Crippen LogP contribution in [0, 0.1) is 12.8 Å². The van der Waals surface area contributed by atoms with Crippen molar-refractivity contribution in [1.82, 2.24) is 14.8 Å². The number of rotatable bonds is 7. The van der Waals surface area contributed by atoms with Gasteiger partial charge in [-0.3, -0.25) is 9.59 Å². The van der Waals surface area contributed by atoms with Gasteiger partial charge in [-0.25, -0.2) is 19.5 Å². The molecule has 13 heteroatoms. The highest BCUT2D eigenvalue weighted by atomic mass is 79.9. The van der Waals surface area contributed by atoms with Gasteiger partial charge in [0.25, 0.3) is 5.91 Å².